The lowest BCUT2D eigenvalue weighted by Crippen LogP contribution is -2.25. The minimum atomic E-state index is -3.60. The average Bonchev–Trinajstić information content (AvgIpc) is 2.96. The molecule has 0 atom stereocenters. The second kappa shape index (κ2) is 7.04. The van der Waals surface area contributed by atoms with Gasteiger partial charge in [-0.1, -0.05) is 17.7 Å². The van der Waals surface area contributed by atoms with Crippen molar-refractivity contribution in [3.8, 4) is 0 Å². The van der Waals surface area contributed by atoms with Gasteiger partial charge in [-0.2, -0.15) is 0 Å². The van der Waals surface area contributed by atoms with Crippen LogP contribution >= 0.6 is 11.6 Å². The maximum Gasteiger partial charge on any atom is 0.242 e. The maximum atomic E-state index is 12.2. The SMILES string of the molecule is NCc1ccc(S(=O)(=O)NCCCn2ccnc2)c(Cl)c1. The van der Waals surface area contributed by atoms with Crippen molar-refractivity contribution in [3.05, 3.63) is 47.5 Å². The van der Waals surface area contributed by atoms with Crippen LogP contribution in [0.25, 0.3) is 0 Å². The Morgan fingerprint density at radius 1 is 1.38 bits per heavy atom. The van der Waals surface area contributed by atoms with Gasteiger partial charge in [0.1, 0.15) is 4.90 Å². The minimum absolute atomic E-state index is 0.0731. The van der Waals surface area contributed by atoms with Gasteiger partial charge in [-0.05, 0) is 24.1 Å². The summed E-state index contributed by atoms with van der Waals surface area (Å²) in [5, 5.41) is 0.181. The molecule has 0 aliphatic heterocycles. The van der Waals surface area contributed by atoms with Gasteiger partial charge in [-0.3, -0.25) is 0 Å². The minimum Gasteiger partial charge on any atom is -0.337 e. The van der Waals surface area contributed by atoms with Crippen LogP contribution in [0.15, 0.2) is 41.8 Å². The molecule has 114 valence electrons. The van der Waals surface area contributed by atoms with Crippen molar-refractivity contribution in [3.63, 3.8) is 0 Å². The van der Waals surface area contributed by atoms with Crippen molar-refractivity contribution in [2.24, 2.45) is 5.73 Å². The van der Waals surface area contributed by atoms with Crippen molar-refractivity contribution >= 4 is 21.6 Å². The number of halogens is 1. The maximum absolute atomic E-state index is 12.2. The van der Waals surface area contributed by atoms with E-state index in [2.05, 4.69) is 9.71 Å². The summed E-state index contributed by atoms with van der Waals surface area (Å²) < 4.78 is 28.8. The number of benzene rings is 1. The zero-order valence-corrected chi connectivity index (χ0v) is 12.9. The molecule has 0 amide bonds. The van der Waals surface area contributed by atoms with Gasteiger partial charge in [0, 0.05) is 32.0 Å². The summed E-state index contributed by atoms with van der Waals surface area (Å²) in [5.74, 6) is 0. The molecule has 6 nitrogen and oxygen atoms in total. The summed E-state index contributed by atoms with van der Waals surface area (Å²) >= 11 is 6.00. The smallest absolute Gasteiger partial charge is 0.242 e. The fourth-order valence-electron chi connectivity index (χ4n) is 1.85. The van der Waals surface area contributed by atoms with E-state index >= 15 is 0 Å². The molecular formula is C13H17ClN4O2S. The Morgan fingerprint density at radius 3 is 2.81 bits per heavy atom. The van der Waals surface area contributed by atoms with Crippen LogP contribution in [-0.2, 0) is 23.1 Å². The van der Waals surface area contributed by atoms with Crippen LogP contribution in [0.2, 0.25) is 5.02 Å². The molecule has 1 heterocycles. The fraction of sp³-hybridized carbons (Fsp3) is 0.308. The van der Waals surface area contributed by atoms with E-state index in [9.17, 15) is 8.42 Å². The Balaban J connectivity index is 1.95. The zero-order chi connectivity index (χ0) is 15.3. The Kier molecular flexibility index (Phi) is 5.35. The molecule has 0 spiro atoms. The van der Waals surface area contributed by atoms with Crippen molar-refractivity contribution in [1.29, 1.82) is 0 Å². The molecule has 0 saturated carbocycles. The first kappa shape index (κ1) is 16.0. The van der Waals surface area contributed by atoms with Crippen LogP contribution in [-0.4, -0.2) is 24.5 Å². The summed E-state index contributed by atoms with van der Waals surface area (Å²) in [6.07, 6.45) is 5.87. The largest absolute Gasteiger partial charge is 0.337 e. The van der Waals surface area contributed by atoms with Gasteiger partial charge in [0.25, 0.3) is 0 Å². The molecule has 0 bridgehead atoms. The first-order chi connectivity index (χ1) is 10.0. The molecule has 0 fully saturated rings. The molecule has 3 N–H and O–H groups in total. The summed E-state index contributed by atoms with van der Waals surface area (Å²) in [4.78, 5) is 3.99. The highest BCUT2D eigenvalue weighted by molar-refractivity contribution is 7.89. The van der Waals surface area contributed by atoms with Crippen LogP contribution in [0.4, 0.5) is 0 Å². The van der Waals surface area contributed by atoms with Gasteiger partial charge in [0.05, 0.1) is 11.3 Å². The monoisotopic (exact) mass is 328 g/mol. The van der Waals surface area contributed by atoms with Crippen LogP contribution in [0.5, 0.6) is 0 Å². The van der Waals surface area contributed by atoms with Crippen molar-refractivity contribution in [2.75, 3.05) is 6.54 Å². The van der Waals surface area contributed by atoms with Gasteiger partial charge in [0.2, 0.25) is 10.0 Å². The third-order valence-electron chi connectivity index (χ3n) is 2.97. The lowest BCUT2D eigenvalue weighted by atomic mass is 10.2. The van der Waals surface area contributed by atoms with E-state index < -0.39 is 10.0 Å². The van der Waals surface area contributed by atoms with E-state index in [0.29, 0.717) is 26.1 Å². The summed E-state index contributed by atoms with van der Waals surface area (Å²) in [5.41, 5.74) is 6.28. The normalized spacial score (nSPS) is 11.7. The molecule has 8 heteroatoms. The first-order valence-electron chi connectivity index (χ1n) is 6.47. The van der Waals surface area contributed by atoms with Crippen LogP contribution in [0, 0.1) is 0 Å². The predicted octanol–water partition coefficient (Wildman–Crippen LogP) is 1.36. The number of sulfonamides is 1. The number of nitrogens with one attached hydrogen (secondary N) is 1. The highest BCUT2D eigenvalue weighted by Gasteiger charge is 2.17. The molecule has 0 aliphatic rings. The molecule has 2 aromatic rings. The van der Waals surface area contributed by atoms with Crippen molar-refractivity contribution in [2.45, 2.75) is 24.4 Å². The number of nitrogens with two attached hydrogens (primary N) is 1. The van der Waals surface area contributed by atoms with Gasteiger partial charge in [-0.25, -0.2) is 18.1 Å². The highest BCUT2D eigenvalue weighted by atomic mass is 35.5. The van der Waals surface area contributed by atoms with Gasteiger partial charge in [0.15, 0.2) is 0 Å². The molecule has 1 aromatic heterocycles. The average molecular weight is 329 g/mol. The number of aryl methyl sites for hydroxylation is 1. The Labute approximate surface area is 129 Å². The molecular weight excluding hydrogens is 312 g/mol. The molecule has 0 radical (unpaired) electrons. The Bertz CT molecular complexity index is 686. The lowest BCUT2D eigenvalue weighted by Gasteiger charge is -2.09. The van der Waals surface area contributed by atoms with E-state index in [4.69, 9.17) is 17.3 Å². The van der Waals surface area contributed by atoms with E-state index in [-0.39, 0.29) is 9.92 Å². The van der Waals surface area contributed by atoms with E-state index in [1.807, 2.05) is 10.8 Å². The van der Waals surface area contributed by atoms with E-state index in [0.717, 1.165) is 5.56 Å². The Hall–Kier alpha value is -1.41. The molecule has 2 rings (SSSR count). The summed E-state index contributed by atoms with van der Waals surface area (Å²) in [7, 11) is -3.60. The van der Waals surface area contributed by atoms with Crippen LogP contribution < -0.4 is 10.5 Å². The van der Waals surface area contributed by atoms with E-state index in [1.54, 1.807) is 24.7 Å². The molecule has 0 saturated heterocycles. The van der Waals surface area contributed by atoms with Crippen molar-refractivity contribution < 1.29 is 8.42 Å². The number of nitrogens with zero attached hydrogens (tertiary/aromatic N) is 2. The number of hydrogen-bond acceptors (Lipinski definition) is 4. The number of hydrogen-bond donors (Lipinski definition) is 2. The second-order valence-corrected chi connectivity index (χ2v) is 6.66. The molecule has 21 heavy (non-hydrogen) atoms. The van der Waals surface area contributed by atoms with Gasteiger partial charge in [-0.15, -0.1) is 0 Å². The molecule has 0 aliphatic carbocycles. The molecule has 0 unspecified atom stereocenters. The first-order valence-corrected chi connectivity index (χ1v) is 8.33. The number of imidazole rings is 1. The second-order valence-electron chi connectivity index (χ2n) is 4.52. The third kappa shape index (κ3) is 4.28. The third-order valence-corrected chi connectivity index (χ3v) is 4.91. The fourth-order valence-corrected chi connectivity index (χ4v) is 3.49. The van der Waals surface area contributed by atoms with Crippen molar-refractivity contribution in [1.82, 2.24) is 14.3 Å². The van der Waals surface area contributed by atoms with Gasteiger partial charge >= 0.3 is 0 Å². The topological polar surface area (TPSA) is 90.0 Å². The van der Waals surface area contributed by atoms with Crippen LogP contribution in [0.3, 0.4) is 0 Å². The number of rotatable bonds is 7. The predicted molar refractivity (Wildman–Crippen MR) is 81.4 cm³/mol. The quantitative estimate of drug-likeness (QED) is 0.751. The summed E-state index contributed by atoms with van der Waals surface area (Å²) in [6.45, 7) is 1.34. The standard InChI is InChI=1S/C13H17ClN4O2S/c14-12-8-11(9-15)2-3-13(12)21(19,20)17-4-1-6-18-7-5-16-10-18/h2-3,5,7-8,10,17H,1,4,6,9,15H2. The number of aromatic nitrogens is 2. The van der Waals surface area contributed by atoms with Gasteiger partial charge < -0.3 is 10.3 Å². The molecule has 1 aromatic carbocycles. The lowest BCUT2D eigenvalue weighted by molar-refractivity contribution is 0.570. The zero-order valence-electron chi connectivity index (χ0n) is 11.4. The Morgan fingerprint density at radius 2 is 2.19 bits per heavy atom. The highest BCUT2D eigenvalue weighted by Crippen LogP contribution is 2.22. The van der Waals surface area contributed by atoms with E-state index in [1.165, 1.54) is 6.07 Å². The van der Waals surface area contributed by atoms with Crippen LogP contribution in [0.1, 0.15) is 12.0 Å². The summed E-state index contributed by atoms with van der Waals surface area (Å²) in [6, 6.07) is 4.70.